The van der Waals surface area contributed by atoms with Crippen molar-refractivity contribution in [3.8, 4) is 0 Å². The summed E-state index contributed by atoms with van der Waals surface area (Å²) in [7, 11) is 0. The fraction of sp³-hybridized carbons (Fsp3) is 0.579. The molecule has 0 saturated heterocycles. The number of carbonyl (C=O) groups is 2. The summed E-state index contributed by atoms with van der Waals surface area (Å²) in [6.45, 7) is 6.00. The van der Waals surface area contributed by atoms with Gasteiger partial charge in [-0.25, -0.2) is 14.0 Å². The molecule has 1 aliphatic rings. The lowest BCUT2D eigenvalue weighted by Gasteiger charge is -2.36. The van der Waals surface area contributed by atoms with E-state index in [9.17, 15) is 14.0 Å². The van der Waals surface area contributed by atoms with Crippen molar-refractivity contribution in [1.82, 2.24) is 0 Å². The van der Waals surface area contributed by atoms with Crippen LogP contribution in [-0.4, -0.2) is 24.6 Å². The van der Waals surface area contributed by atoms with Gasteiger partial charge in [-0.1, -0.05) is 27.2 Å². The normalized spacial score (nSPS) is 23.8. The smallest absolute Gasteiger partial charge is 0.344 e. The molecular formula is C19H25FO4. The molecule has 132 valence electrons. The van der Waals surface area contributed by atoms with E-state index in [0.29, 0.717) is 17.8 Å². The number of hydrogen-bond acceptors (Lipinski definition) is 4. The van der Waals surface area contributed by atoms with Crippen LogP contribution < -0.4 is 0 Å². The second-order valence-corrected chi connectivity index (χ2v) is 6.94. The Hall–Kier alpha value is -1.91. The molecule has 5 heteroatoms. The zero-order chi connectivity index (χ0) is 17.7. The van der Waals surface area contributed by atoms with E-state index in [1.165, 1.54) is 24.3 Å². The Labute approximate surface area is 142 Å². The maximum Gasteiger partial charge on any atom is 0.344 e. The SMILES string of the molecule is CC1CCC(C(C)C)C(OC(=O)COC(=O)c2ccc(F)cc2)C1. The Morgan fingerprint density at radius 3 is 2.50 bits per heavy atom. The molecule has 0 aliphatic heterocycles. The summed E-state index contributed by atoms with van der Waals surface area (Å²) in [5.41, 5.74) is 0.204. The number of esters is 2. The summed E-state index contributed by atoms with van der Waals surface area (Å²) in [5, 5.41) is 0. The van der Waals surface area contributed by atoms with Crippen molar-refractivity contribution in [1.29, 1.82) is 0 Å². The third-order valence-electron chi connectivity index (χ3n) is 4.65. The highest BCUT2D eigenvalue weighted by molar-refractivity contribution is 5.90. The Morgan fingerprint density at radius 1 is 1.21 bits per heavy atom. The molecular weight excluding hydrogens is 311 g/mol. The molecule has 0 spiro atoms. The van der Waals surface area contributed by atoms with Gasteiger partial charge in [-0.05, 0) is 54.9 Å². The molecule has 1 aromatic rings. The molecule has 0 aromatic heterocycles. The average Bonchev–Trinajstić information content (AvgIpc) is 2.53. The lowest BCUT2D eigenvalue weighted by atomic mass is 9.75. The predicted octanol–water partition coefficient (Wildman–Crippen LogP) is 3.99. The molecule has 24 heavy (non-hydrogen) atoms. The van der Waals surface area contributed by atoms with Crippen LogP contribution in [0.15, 0.2) is 24.3 Å². The molecule has 0 heterocycles. The van der Waals surface area contributed by atoms with E-state index in [4.69, 9.17) is 9.47 Å². The van der Waals surface area contributed by atoms with Crippen LogP contribution in [0.5, 0.6) is 0 Å². The second-order valence-electron chi connectivity index (χ2n) is 6.94. The van der Waals surface area contributed by atoms with Gasteiger partial charge in [-0.15, -0.1) is 0 Å². The summed E-state index contributed by atoms with van der Waals surface area (Å²) in [4.78, 5) is 23.8. The Bertz CT molecular complexity index is 567. The first-order valence-electron chi connectivity index (χ1n) is 8.49. The summed E-state index contributed by atoms with van der Waals surface area (Å²) < 4.78 is 23.4. The van der Waals surface area contributed by atoms with Gasteiger partial charge in [-0.2, -0.15) is 0 Å². The van der Waals surface area contributed by atoms with Gasteiger partial charge < -0.3 is 9.47 Å². The van der Waals surface area contributed by atoms with Gasteiger partial charge in [0.25, 0.3) is 0 Å². The average molecular weight is 336 g/mol. The summed E-state index contributed by atoms with van der Waals surface area (Å²) >= 11 is 0. The Morgan fingerprint density at radius 2 is 1.88 bits per heavy atom. The standard InChI is InChI=1S/C19H25FO4/c1-12(2)16-9-4-13(3)10-17(16)24-18(21)11-23-19(22)14-5-7-15(20)8-6-14/h5-8,12-13,16-17H,4,9-11H2,1-3H3. The van der Waals surface area contributed by atoms with E-state index < -0.39 is 24.4 Å². The molecule has 0 N–H and O–H groups in total. The van der Waals surface area contributed by atoms with E-state index in [2.05, 4.69) is 20.8 Å². The number of benzene rings is 1. The monoisotopic (exact) mass is 336 g/mol. The minimum Gasteiger partial charge on any atom is -0.460 e. The van der Waals surface area contributed by atoms with Gasteiger partial charge in [0, 0.05) is 0 Å². The quantitative estimate of drug-likeness (QED) is 0.763. The van der Waals surface area contributed by atoms with Crippen LogP contribution in [-0.2, 0) is 14.3 Å². The van der Waals surface area contributed by atoms with Crippen molar-refractivity contribution < 1.29 is 23.5 Å². The minimum atomic E-state index is -0.663. The van der Waals surface area contributed by atoms with Crippen molar-refractivity contribution in [2.75, 3.05) is 6.61 Å². The number of ether oxygens (including phenoxy) is 2. The van der Waals surface area contributed by atoms with Gasteiger partial charge in [0.15, 0.2) is 6.61 Å². The maximum absolute atomic E-state index is 12.8. The first-order valence-corrected chi connectivity index (χ1v) is 8.49. The second kappa shape index (κ2) is 8.27. The van der Waals surface area contributed by atoms with Crippen LogP contribution in [0.2, 0.25) is 0 Å². The maximum atomic E-state index is 12.8. The third-order valence-corrected chi connectivity index (χ3v) is 4.65. The molecule has 4 nitrogen and oxygen atoms in total. The Kier molecular flexibility index (Phi) is 6.35. The van der Waals surface area contributed by atoms with E-state index in [1.54, 1.807) is 0 Å². The fourth-order valence-electron chi connectivity index (χ4n) is 3.25. The summed E-state index contributed by atoms with van der Waals surface area (Å²) in [6.07, 6.45) is 2.93. The highest BCUT2D eigenvalue weighted by Crippen LogP contribution is 2.35. The molecule has 1 aliphatic carbocycles. The lowest BCUT2D eigenvalue weighted by molar-refractivity contribution is -0.159. The zero-order valence-corrected chi connectivity index (χ0v) is 14.5. The van der Waals surface area contributed by atoms with Crippen LogP contribution in [0.4, 0.5) is 4.39 Å². The van der Waals surface area contributed by atoms with Crippen LogP contribution in [0.1, 0.15) is 50.4 Å². The van der Waals surface area contributed by atoms with Crippen molar-refractivity contribution in [2.45, 2.75) is 46.1 Å². The van der Waals surface area contributed by atoms with Gasteiger partial charge in [0.2, 0.25) is 0 Å². The summed E-state index contributed by atoms with van der Waals surface area (Å²) in [6, 6.07) is 4.98. The van der Waals surface area contributed by atoms with Crippen molar-refractivity contribution in [2.24, 2.45) is 17.8 Å². The molecule has 3 unspecified atom stereocenters. The highest BCUT2D eigenvalue weighted by Gasteiger charge is 2.33. The van der Waals surface area contributed by atoms with E-state index >= 15 is 0 Å². The number of hydrogen-bond donors (Lipinski definition) is 0. The number of carbonyl (C=O) groups excluding carboxylic acids is 2. The number of halogens is 1. The fourth-order valence-corrected chi connectivity index (χ4v) is 3.25. The van der Waals surface area contributed by atoms with Crippen LogP contribution >= 0.6 is 0 Å². The molecule has 1 fully saturated rings. The van der Waals surface area contributed by atoms with E-state index in [0.717, 1.165) is 19.3 Å². The first kappa shape index (κ1) is 18.4. The van der Waals surface area contributed by atoms with Crippen LogP contribution in [0.25, 0.3) is 0 Å². The topological polar surface area (TPSA) is 52.6 Å². The highest BCUT2D eigenvalue weighted by atomic mass is 19.1. The molecule has 3 atom stereocenters. The molecule has 0 radical (unpaired) electrons. The minimum absolute atomic E-state index is 0.120. The Balaban J connectivity index is 1.85. The molecule has 1 aromatic carbocycles. The molecule has 0 amide bonds. The molecule has 2 rings (SSSR count). The van der Waals surface area contributed by atoms with Crippen molar-refractivity contribution >= 4 is 11.9 Å². The van der Waals surface area contributed by atoms with Gasteiger partial charge in [0.05, 0.1) is 5.56 Å². The lowest BCUT2D eigenvalue weighted by Crippen LogP contribution is -2.36. The van der Waals surface area contributed by atoms with Crippen molar-refractivity contribution in [3.05, 3.63) is 35.6 Å². The third kappa shape index (κ3) is 5.05. The zero-order valence-electron chi connectivity index (χ0n) is 14.5. The van der Waals surface area contributed by atoms with Gasteiger partial charge in [-0.3, -0.25) is 0 Å². The summed E-state index contributed by atoms with van der Waals surface area (Å²) in [5.74, 6) is -0.314. The number of rotatable bonds is 5. The van der Waals surface area contributed by atoms with E-state index in [1.807, 2.05) is 0 Å². The molecule has 1 saturated carbocycles. The van der Waals surface area contributed by atoms with Gasteiger partial charge in [0.1, 0.15) is 11.9 Å². The van der Waals surface area contributed by atoms with Crippen molar-refractivity contribution in [3.63, 3.8) is 0 Å². The largest absolute Gasteiger partial charge is 0.460 e. The first-order chi connectivity index (χ1) is 11.4. The molecule has 0 bridgehead atoms. The van der Waals surface area contributed by atoms with E-state index in [-0.39, 0.29) is 11.7 Å². The van der Waals surface area contributed by atoms with Crippen LogP contribution in [0.3, 0.4) is 0 Å². The predicted molar refractivity (Wildman–Crippen MR) is 87.9 cm³/mol. The van der Waals surface area contributed by atoms with Gasteiger partial charge >= 0.3 is 11.9 Å². The van der Waals surface area contributed by atoms with Crippen LogP contribution in [0, 0.1) is 23.6 Å².